The van der Waals surface area contributed by atoms with Crippen LogP contribution in [0.4, 0.5) is 0 Å². The molecular weight excluding hydrogens is 335 g/mol. The van der Waals surface area contributed by atoms with Crippen LogP contribution >= 0.6 is 23.2 Å². The highest BCUT2D eigenvalue weighted by atomic mass is 35.5. The van der Waals surface area contributed by atoms with E-state index in [0.29, 0.717) is 22.3 Å². The molecule has 0 radical (unpaired) electrons. The number of halogens is 2. The van der Waals surface area contributed by atoms with Crippen LogP contribution in [-0.4, -0.2) is 39.9 Å². The van der Waals surface area contributed by atoms with Crippen LogP contribution in [0, 0.1) is 0 Å². The molecule has 0 aliphatic carbocycles. The van der Waals surface area contributed by atoms with Crippen LogP contribution in [0.15, 0.2) is 22.2 Å². The first-order valence-corrected chi connectivity index (χ1v) is 6.48. The number of hydrogen-bond donors (Lipinski definition) is 4. The van der Waals surface area contributed by atoms with Crippen molar-refractivity contribution in [3.8, 4) is 0 Å². The van der Waals surface area contributed by atoms with Crippen molar-refractivity contribution in [1.29, 1.82) is 0 Å². The summed E-state index contributed by atoms with van der Waals surface area (Å²) >= 11 is 10.9. The number of nitrogens with zero attached hydrogens (tertiary/aromatic N) is 4. The second-order valence-electron chi connectivity index (χ2n) is 3.92. The van der Waals surface area contributed by atoms with Gasteiger partial charge in [0.05, 0.1) is 12.7 Å². The van der Waals surface area contributed by atoms with E-state index in [0.717, 1.165) is 0 Å². The van der Waals surface area contributed by atoms with Gasteiger partial charge in [-0.2, -0.15) is 9.97 Å². The molecule has 0 saturated heterocycles. The lowest BCUT2D eigenvalue weighted by Crippen LogP contribution is -2.07. The fraction of sp³-hybridized carbons (Fsp3) is 0. The van der Waals surface area contributed by atoms with E-state index < -0.39 is 0 Å². The largest absolute Gasteiger partial charge is 0.339 e. The van der Waals surface area contributed by atoms with Gasteiger partial charge in [-0.3, -0.25) is 19.6 Å². The van der Waals surface area contributed by atoms with E-state index >= 15 is 0 Å². The number of imidazole rings is 2. The molecular formula is C10H6Cl2N8O2. The Kier molecular flexibility index (Phi) is 3.61. The molecule has 112 valence electrons. The predicted octanol–water partition coefficient (Wildman–Crippen LogP) is 0.599. The fourth-order valence-corrected chi connectivity index (χ4v) is 1.96. The number of fused-ring (bicyclic) bond motifs is 2. The number of aromatic amines is 4. The minimum Gasteiger partial charge on any atom is -0.339 e. The fourth-order valence-electron chi connectivity index (χ4n) is 1.63. The molecule has 0 unspecified atom stereocenters. The van der Waals surface area contributed by atoms with E-state index in [-0.39, 0.29) is 21.7 Å². The first-order valence-electron chi connectivity index (χ1n) is 5.72. The van der Waals surface area contributed by atoms with Gasteiger partial charge in [0.1, 0.15) is 0 Å². The zero-order chi connectivity index (χ0) is 15.7. The van der Waals surface area contributed by atoms with Crippen LogP contribution in [0.5, 0.6) is 0 Å². The number of hydrogen-bond acceptors (Lipinski definition) is 6. The molecule has 0 saturated carbocycles. The van der Waals surface area contributed by atoms with Crippen molar-refractivity contribution in [3.05, 3.63) is 43.9 Å². The maximum absolute atomic E-state index is 11.0. The normalized spacial score (nSPS) is 10.6. The van der Waals surface area contributed by atoms with Crippen LogP contribution in [-0.2, 0) is 0 Å². The minimum atomic E-state index is -0.308. The highest BCUT2D eigenvalue weighted by molar-refractivity contribution is 6.28. The van der Waals surface area contributed by atoms with Crippen LogP contribution in [0.2, 0.25) is 10.6 Å². The molecule has 0 aliphatic rings. The Hall–Kier alpha value is -2.72. The van der Waals surface area contributed by atoms with E-state index in [1.54, 1.807) is 0 Å². The highest BCUT2D eigenvalue weighted by Crippen LogP contribution is 2.02. The van der Waals surface area contributed by atoms with Crippen molar-refractivity contribution in [2.75, 3.05) is 0 Å². The smallest absolute Gasteiger partial charge is 0.277 e. The van der Waals surface area contributed by atoms with Crippen molar-refractivity contribution in [2.45, 2.75) is 0 Å². The molecule has 0 aromatic carbocycles. The van der Waals surface area contributed by atoms with Crippen LogP contribution in [0.1, 0.15) is 0 Å². The maximum Gasteiger partial charge on any atom is 0.277 e. The minimum absolute atomic E-state index is 0.0506. The van der Waals surface area contributed by atoms with Crippen molar-refractivity contribution in [3.63, 3.8) is 0 Å². The summed E-state index contributed by atoms with van der Waals surface area (Å²) in [5.74, 6) is 0. The third kappa shape index (κ3) is 2.69. The van der Waals surface area contributed by atoms with Gasteiger partial charge in [0.2, 0.25) is 10.6 Å². The molecule has 0 aliphatic heterocycles. The van der Waals surface area contributed by atoms with Gasteiger partial charge in [-0.15, -0.1) is 0 Å². The number of aromatic nitrogens is 8. The Bertz CT molecular complexity index is 976. The summed E-state index contributed by atoms with van der Waals surface area (Å²) in [4.78, 5) is 47.0. The van der Waals surface area contributed by atoms with E-state index in [1.165, 1.54) is 12.7 Å². The van der Waals surface area contributed by atoms with E-state index in [1.807, 2.05) is 0 Å². The number of H-pyrrole nitrogens is 4. The molecule has 0 fully saturated rings. The number of nitrogens with one attached hydrogen (secondary N) is 4. The molecule has 22 heavy (non-hydrogen) atoms. The monoisotopic (exact) mass is 340 g/mol. The first-order chi connectivity index (χ1) is 10.5. The van der Waals surface area contributed by atoms with Gasteiger partial charge in [0, 0.05) is 0 Å². The third-order valence-corrected chi connectivity index (χ3v) is 2.89. The summed E-state index contributed by atoms with van der Waals surface area (Å²) in [6, 6.07) is 0. The zero-order valence-electron chi connectivity index (χ0n) is 10.5. The van der Waals surface area contributed by atoms with Crippen molar-refractivity contribution in [2.24, 2.45) is 0 Å². The predicted molar refractivity (Wildman–Crippen MR) is 79.0 cm³/mol. The maximum atomic E-state index is 11.0. The van der Waals surface area contributed by atoms with Gasteiger partial charge < -0.3 is 9.97 Å². The lowest BCUT2D eigenvalue weighted by Gasteiger charge is -1.87. The van der Waals surface area contributed by atoms with E-state index in [9.17, 15) is 9.59 Å². The molecule has 4 rings (SSSR count). The first kappa shape index (κ1) is 14.2. The summed E-state index contributed by atoms with van der Waals surface area (Å²) in [5, 5.41) is 0.101. The Balaban J connectivity index is 0.000000131. The topological polar surface area (TPSA) is 149 Å². The molecule has 0 bridgehead atoms. The summed E-state index contributed by atoms with van der Waals surface area (Å²) in [7, 11) is 0. The molecule has 4 heterocycles. The molecule has 0 amide bonds. The van der Waals surface area contributed by atoms with E-state index in [4.69, 9.17) is 23.2 Å². The van der Waals surface area contributed by atoms with Gasteiger partial charge in [-0.05, 0) is 23.2 Å². The zero-order valence-corrected chi connectivity index (χ0v) is 12.0. The average Bonchev–Trinajstić information content (AvgIpc) is 3.07. The summed E-state index contributed by atoms with van der Waals surface area (Å²) in [5.41, 5.74) is 0.733. The lowest BCUT2D eigenvalue weighted by atomic mass is 10.6. The van der Waals surface area contributed by atoms with Gasteiger partial charge in [-0.25, -0.2) is 9.97 Å². The second-order valence-corrected chi connectivity index (χ2v) is 4.63. The summed E-state index contributed by atoms with van der Waals surface area (Å²) < 4.78 is 0. The van der Waals surface area contributed by atoms with Crippen LogP contribution < -0.4 is 11.1 Å². The van der Waals surface area contributed by atoms with Crippen molar-refractivity contribution >= 4 is 45.5 Å². The van der Waals surface area contributed by atoms with Crippen LogP contribution in [0.25, 0.3) is 22.3 Å². The van der Waals surface area contributed by atoms with Gasteiger partial charge in [0.25, 0.3) is 11.1 Å². The standard InChI is InChI=1S/2C5H3ClN4O/c2*6-5-9-3-2(4(11)10-5)7-1-8-3/h2*1H,(H2,7,8,9,10,11). The number of rotatable bonds is 0. The van der Waals surface area contributed by atoms with Crippen LogP contribution in [0.3, 0.4) is 0 Å². The Morgan fingerprint density at radius 2 is 1.18 bits per heavy atom. The summed E-state index contributed by atoms with van der Waals surface area (Å²) in [6.07, 6.45) is 2.78. The Morgan fingerprint density at radius 1 is 0.773 bits per heavy atom. The van der Waals surface area contributed by atoms with Gasteiger partial charge in [0.15, 0.2) is 22.3 Å². The van der Waals surface area contributed by atoms with Crippen molar-refractivity contribution in [1.82, 2.24) is 39.9 Å². The highest BCUT2D eigenvalue weighted by Gasteiger charge is 2.03. The van der Waals surface area contributed by atoms with Gasteiger partial charge in [-0.1, -0.05) is 0 Å². The van der Waals surface area contributed by atoms with E-state index in [2.05, 4.69) is 39.9 Å². The Labute approximate surface area is 130 Å². The van der Waals surface area contributed by atoms with Gasteiger partial charge >= 0.3 is 0 Å². The molecule has 12 heteroatoms. The molecule has 4 aromatic heterocycles. The molecule has 10 nitrogen and oxygen atoms in total. The molecule has 0 spiro atoms. The molecule has 4 N–H and O–H groups in total. The Morgan fingerprint density at radius 3 is 1.59 bits per heavy atom. The average molecular weight is 341 g/mol. The van der Waals surface area contributed by atoms with Crippen molar-refractivity contribution < 1.29 is 0 Å². The molecule has 4 aromatic rings. The lowest BCUT2D eigenvalue weighted by molar-refractivity contribution is 1.15. The third-order valence-electron chi connectivity index (χ3n) is 2.53. The summed E-state index contributed by atoms with van der Waals surface area (Å²) in [6.45, 7) is 0. The molecule has 0 atom stereocenters. The SMILES string of the molecule is O=c1[nH]c(Cl)nc2nc[nH]c12.O=c1[nH]c(Cl)nc2nc[nH]c12. The quantitative estimate of drug-likeness (QED) is 0.344. The second kappa shape index (κ2) is 5.58.